The molecule has 0 saturated carbocycles. The Morgan fingerprint density at radius 1 is 0.590 bits per heavy atom. The van der Waals surface area contributed by atoms with Crippen molar-refractivity contribution in [1.82, 2.24) is 5.32 Å². The Morgan fingerprint density at radius 3 is 1.41 bits per heavy atom. The summed E-state index contributed by atoms with van der Waals surface area (Å²) in [5, 5.41) is 4.28. The number of ketones is 1. The minimum Gasteiger partial charge on any atom is -0.367 e. The number of ether oxygens (including phenoxy) is 1. The first kappa shape index (κ1) is 38.6. The van der Waals surface area contributed by atoms with Crippen LogP contribution in [0.4, 0.5) is 0 Å². The molecule has 0 fully saturated rings. The first-order valence-electron chi connectivity index (χ1n) is 16.5. The molecule has 0 aromatic carbocycles. The molecule has 0 amide bonds. The van der Waals surface area contributed by atoms with Gasteiger partial charge in [-0.1, -0.05) is 89.0 Å². The number of nitrogens with one attached hydrogen (secondary N) is 1. The molecule has 0 radical (unpaired) electrons. The second kappa shape index (κ2) is 13.3. The van der Waals surface area contributed by atoms with Crippen molar-refractivity contribution in [2.45, 2.75) is 205 Å². The Kier molecular flexibility index (Phi) is 13.1. The predicted molar refractivity (Wildman–Crippen MR) is 174 cm³/mol. The van der Waals surface area contributed by atoms with Crippen molar-refractivity contribution in [2.24, 2.45) is 21.7 Å². The highest BCUT2D eigenvalue weighted by Crippen LogP contribution is 2.52. The van der Waals surface area contributed by atoms with E-state index < -0.39 is 16.6 Å². The van der Waals surface area contributed by atoms with Gasteiger partial charge in [-0.3, -0.25) is 4.79 Å². The molecule has 234 valence electrons. The summed E-state index contributed by atoms with van der Waals surface area (Å²) in [5.41, 5.74) is -2.02. The first-order valence-corrected chi connectivity index (χ1v) is 16.5. The van der Waals surface area contributed by atoms with Crippen LogP contribution in [0.25, 0.3) is 0 Å². The minimum absolute atomic E-state index is 0.0739. The van der Waals surface area contributed by atoms with Gasteiger partial charge in [0, 0.05) is 16.5 Å². The first-order chi connectivity index (χ1) is 17.5. The van der Waals surface area contributed by atoms with Gasteiger partial charge in [-0.05, 0) is 104 Å². The van der Waals surface area contributed by atoms with E-state index in [2.05, 4.69) is 130 Å². The highest BCUT2D eigenvalue weighted by atomic mass is 16.5. The quantitative estimate of drug-likeness (QED) is 0.173. The number of hydrogen-bond donors (Lipinski definition) is 1. The zero-order valence-electron chi connectivity index (χ0n) is 30.2. The van der Waals surface area contributed by atoms with Gasteiger partial charge in [-0.25, -0.2) is 0 Å². The fourth-order valence-corrected chi connectivity index (χ4v) is 7.22. The molecule has 0 rings (SSSR count). The Morgan fingerprint density at radius 2 is 1.08 bits per heavy atom. The molecule has 5 unspecified atom stereocenters. The van der Waals surface area contributed by atoms with Gasteiger partial charge in [0.1, 0.15) is 5.78 Å². The van der Waals surface area contributed by atoms with Crippen molar-refractivity contribution in [3.63, 3.8) is 0 Å². The van der Waals surface area contributed by atoms with Crippen LogP contribution in [-0.4, -0.2) is 28.1 Å². The maximum Gasteiger partial charge on any atom is 0.147 e. The minimum atomic E-state index is -0.633. The summed E-state index contributed by atoms with van der Waals surface area (Å²) in [7, 11) is 0. The average Bonchev–Trinajstić information content (AvgIpc) is 2.86. The summed E-state index contributed by atoms with van der Waals surface area (Å²) in [5.74, 6) is 0.304. The molecular weight excluding hydrogens is 478 g/mol. The van der Waals surface area contributed by atoms with Crippen LogP contribution >= 0.6 is 0 Å². The van der Waals surface area contributed by atoms with Crippen molar-refractivity contribution < 1.29 is 9.53 Å². The summed E-state index contributed by atoms with van der Waals surface area (Å²) < 4.78 is 7.21. The van der Waals surface area contributed by atoms with E-state index in [9.17, 15) is 4.79 Å². The van der Waals surface area contributed by atoms with Crippen LogP contribution in [0.5, 0.6) is 0 Å². The highest BCUT2D eigenvalue weighted by Gasteiger charge is 2.57. The smallest absolute Gasteiger partial charge is 0.147 e. The van der Waals surface area contributed by atoms with Crippen LogP contribution in [0.3, 0.4) is 0 Å². The van der Waals surface area contributed by atoms with Gasteiger partial charge in [-0.15, -0.1) is 0 Å². The maximum atomic E-state index is 14.0. The van der Waals surface area contributed by atoms with Gasteiger partial charge in [-0.2, -0.15) is 0 Å². The Bertz CT molecular complexity index is 785. The topological polar surface area (TPSA) is 38.3 Å². The van der Waals surface area contributed by atoms with Gasteiger partial charge < -0.3 is 10.1 Å². The van der Waals surface area contributed by atoms with Crippen LogP contribution in [0.2, 0.25) is 0 Å². The van der Waals surface area contributed by atoms with Crippen LogP contribution < -0.4 is 5.32 Å². The summed E-state index contributed by atoms with van der Waals surface area (Å²) in [4.78, 5) is 14.0. The van der Waals surface area contributed by atoms with Gasteiger partial charge in [0.2, 0.25) is 0 Å². The fraction of sp³-hybridized carbons (Fsp3) is 0.972. The van der Waals surface area contributed by atoms with Crippen molar-refractivity contribution in [3.8, 4) is 0 Å². The third-order valence-electron chi connectivity index (χ3n) is 12.5. The molecule has 0 bridgehead atoms. The maximum absolute atomic E-state index is 14.0. The van der Waals surface area contributed by atoms with E-state index in [-0.39, 0.29) is 21.9 Å². The van der Waals surface area contributed by atoms with Crippen molar-refractivity contribution in [2.75, 3.05) is 0 Å². The molecule has 3 heteroatoms. The molecule has 5 atom stereocenters. The summed E-state index contributed by atoms with van der Waals surface area (Å²) in [6, 6.07) is 0. The normalized spacial score (nSPS) is 21.3. The molecule has 0 heterocycles. The average molecular weight is 552 g/mol. The van der Waals surface area contributed by atoms with Gasteiger partial charge in [0.05, 0.1) is 16.6 Å². The summed E-state index contributed by atoms with van der Waals surface area (Å²) in [6.45, 7) is 40.8. The molecule has 0 spiro atoms. The molecule has 0 aliphatic rings. The summed E-state index contributed by atoms with van der Waals surface area (Å²) >= 11 is 0. The highest BCUT2D eigenvalue weighted by molar-refractivity contribution is 5.90. The molecule has 0 saturated heterocycles. The molecule has 0 aliphatic carbocycles. The van der Waals surface area contributed by atoms with Gasteiger partial charge in [0.15, 0.2) is 0 Å². The second-order valence-electron chi connectivity index (χ2n) is 15.9. The lowest BCUT2D eigenvalue weighted by Gasteiger charge is -2.59. The van der Waals surface area contributed by atoms with Crippen LogP contribution in [0.15, 0.2) is 0 Å². The van der Waals surface area contributed by atoms with E-state index in [1.807, 2.05) is 0 Å². The Labute approximate surface area is 246 Å². The number of Topliss-reactive ketones (excluding diaryl/α,β-unsaturated/α-hetero) is 1. The number of hydrogen-bond acceptors (Lipinski definition) is 3. The standard InChI is InChI=1S/C36H73NO2/c1-19-26-32(14,21-3)27-33(15,22-4)36(18,25-7)37-35(17,24-6)31(12,13)39-30(10,11)34(16,23-5)28(38)29(8,9)20-2/h37H,19-27H2,1-18H3. The number of carbonyl (C=O) groups excluding carboxylic acids is 1. The molecule has 0 aliphatic heterocycles. The number of carbonyl (C=O) groups is 1. The molecule has 3 nitrogen and oxygen atoms in total. The van der Waals surface area contributed by atoms with Crippen molar-refractivity contribution >= 4 is 5.78 Å². The van der Waals surface area contributed by atoms with E-state index in [1.165, 1.54) is 25.7 Å². The van der Waals surface area contributed by atoms with E-state index in [1.54, 1.807) is 0 Å². The van der Waals surface area contributed by atoms with E-state index in [4.69, 9.17) is 4.74 Å². The van der Waals surface area contributed by atoms with Crippen molar-refractivity contribution in [1.29, 1.82) is 0 Å². The zero-order chi connectivity index (χ0) is 31.4. The monoisotopic (exact) mass is 552 g/mol. The lowest BCUT2D eigenvalue weighted by atomic mass is 9.58. The van der Waals surface area contributed by atoms with E-state index >= 15 is 0 Å². The largest absolute Gasteiger partial charge is 0.367 e. The number of rotatable bonds is 19. The fourth-order valence-electron chi connectivity index (χ4n) is 7.22. The zero-order valence-corrected chi connectivity index (χ0v) is 30.2. The van der Waals surface area contributed by atoms with Gasteiger partial charge in [0.25, 0.3) is 0 Å². The van der Waals surface area contributed by atoms with Crippen LogP contribution in [0.1, 0.15) is 182 Å². The van der Waals surface area contributed by atoms with E-state index in [0.717, 1.165) is 32.1 Å². The van der Waals surface area contributed by atoms with Gasteiger partial charge >= 0.3 is 0 Å². The third-order valence-corrected chi connectivity index (χ3v) is 12.5. The SMILES string of the molecule is CCCC(C)(CC)CC(C)(CC)C(C)(CC)NC(C)(CC)C(C)(C)OC(C)(C)C(C)(CC)C(=O)C(C)(C)CC. The summed E-state index contributed by atoms with van der Waals surface area (Å²) in [6.07, 6.45) is 9.61. The predicted octanol–water partition coefficient (Wildman–Crippen LogP) is 10.9. The second-order valence-corrected chi connectivity index (χ2v) is 15.9. The molecular formula is C36H73NO2. The van der Waals surface area contributed by atoms with Crippen LogP contribution in [0, 0.1) is 21.7 Å². The Hall–Kier alpha value is -0.410. The molecule has 39 heavy (non-hydrogen) atoms. The Balaban J connectivity index is 6.62. The molecule has 1 N–H and O–H groups in total. The lowest BCUT2D eigenvalue weighted by molar-refractivity contribution is -0.215. The van der Waals surface area contributed by atoms with Crippen molar-refractivity contribution in [3.05, 3.63) is 0 Å². The van der Waals surface area contributed by atoms with Crippen LogP contribution in [-0.2, 0) is 9.53 Å². The van der Waals surface area contributed by atoms with E-state index in [0.29, 0.717) is 11.2 Å². The molecule has 0 aromatic heterocycles. The molecule has 0 aromatic rings. The lowest BCUT2D eigenvalue weighted by Crippen LogP contribution is -2.71. The third kappa shape index (κ3) is 7.71.